The summed E-state index contributed by atoms with van der Waals surface area (Å²) in [5, 5.41) is 0. The van der Waals surface area contributed by atoms with Crippen molar-refractivity contribution >= 4 is 0 Å². The fraction of sp³-hybridized carbons (Fsp3) is 1.00. The second-order valence-corrected chi connectivity index (χ2v) is 4.66. The molecule has 1 atom stereocenters. The van der Waals surface area contributed by atoms with Crippen LogP contribution in [-0.2, 0) is 4.74 Å². The van der Waals surface area contributed by atoms with E-state index in [0.29, 0.717) is 11.5 Å². The minimum atomic E-state index is 0.342. The molecule has 2 aliphatic rings. The summed E-state index contributed by atoms with van der Waals surface area (Å²) >= 11 is 0. The van der Waals surface area contributed by atoms with Crippen LogP contribution in [0.2, 0.25) is 0 Å². The molecule has 0 aromatic heterocycles. The average molecular weight is 169 g/mol. The molecule has 0 aromatic rings. The highest BCUT2D eigenvalue weighted by molar-refractivity contribution is 4.96. The minimum Gasteiger partial charge on any atom is -0.380 e. The van der Waals surface area contributed by atoms with Gasteiger partial charge in [0.25, 0.3) is 0 Å². The molecule has 1 heterocycles. The molecule has 0 amide bonds. The highest BCUT2D eigenvalue weighted by atomic mass is 16.5. The Kier molecular flexibility index (Phi) is 2.13. The van der Waals surface area contributed by atoms with Crippen molar-refractivity contribution in [3.05, 3.63) is 0 Å². The van der Waals surface area contributed by atoms with E-state index in [1.54, 1.807) is 0 Å². The second kappa shape index (κ2) is 3.00. The van der Waals surface area contributed by atoms with E-state index in [9.17, 15) is 0 Å². The molecule has 1 saturated carbocycles. The summed E-state index contributed by atoms with van der Waals surface area (Å²) < 4.78 is 5.34. The van der Waals surface area contributed by atoms with Gasteiger partial charge in [-0.05, 0) is 32.1 Å². The number of ether oxygens (including phenoxy) is 1. The molecule has 70 valence electrons. The summed E-state index contributed by atoms with van der Waals surface area (Å²) in [5.41, 5.74) is 6.34. The largest absolute Gasteiger partial charge is 0.380 e. The Morgan fingerprint density at radius 1 is 1.50 bits per heavy atom. The van der Waals surface area contributed by atoms with Gasteiger partial charge < -0.3 is 10.5 Å². The summed E-state index contributed by atoms with van der Waals surface area (Å²) in [4.78, 5) is 0. The van der Waals surface area contributed by atoms with Gasteiger partial charge in [0.15, 0.2) is 0 Å². The zero-order chi connectivity index (χ0) is 8.60. The Morgan fingerprint density at radius 3 is 2.42 bits per heavy atom. The SMILES string of the molecule is CC(N)CC1(C2CCC2)COC1. The molecule has 2 fully saturated rings. The number of hydrogen-bond acceptors (Lipinski definition) is 2. The third-order valence-corrected chi connectivity index (χ3v) is 3.48. The molecule has 1 saturated heterocycles. The summed E-state index contributed by atoms with van der Waals surface area (Å²) in [7, 11) is 0. The van der Waals surface area contributed by atoms with Crippen molar-refractivity contribution < 1.29 is 4.74 Å². The molecule has 0 bridgehead atoms. The van der Waals surface area contributed by atoms with E-state index in [-0.39, 0.29) is 0 Å². The van der Waals surface area contributed by atoms with Crippen LogP contribution in [0.3, 0.4) is 0 Å². The zero-order valence-electron chi connectivity index (χ0n) is 7.88. The Hall–Kier alpha value is -0.0800. The lowest BCUT2D eigenvalue weighted by atomic mass is 9.61. The van der Waals surface area contributed by atoms with Gasteiger partial charge in [0.05, 0.1) is 13.2 Å². The number of rotatable bonds is 3. The molecular formula is C10H19NO. The fourth-order valence-corrected chi connectivity index (χ4v) is 2.55. The van der Waals surface area contributed by atoms with Crippen LogP contribution in [0.25, 0.3) is 0 Å². The van der Waals surface area contributed by atoms with Gasteiger partial charge in [0, 0.05) is 11.5 Å². The highest BCUT2D eigenvalue weighted by Crippen LogP contribution is 2.49. The van der Waals surface area contributed by atoms with Gasteiger partial charge in [-0.3, -0.25) is 0 Å². The zero-order valence-corrected chi connectivity index (χ0v) is 7.88. The van der Waals surface area contributed by atoms with Crippen molar-refractivity contribution in [1.82, 2.24) is 0 Å². The molecule has 2 heteroatoms. The van der Waals surface area contributed by atoms with Crippen molar-refractivity contribution in [2.75, 3.05) is 13.2 Å². The maximum absolute atomic E-state index is 5.85. The van der Waals surface area contributed by atoms with E-state index in [2.05, 4.69) is 6.92 Å². The van der Waals surface area contributed by atoms with E-state index in [1.807, 2.05) is 0 Å². The highest BCUT2D eigenvalue weighted by Gasteiger charge is 2.47. The van der Waals surface area contributed by atoms with Gasteiger partial charge in [-0.2, -0.15) is 0 Å². The Balaban J connectivity index is 1.93. The normalized spacial score (nSPS) is 30.5. The third kappa shape index (κ3) is 1.27. The monoisotopic (exact) mass is 169 g/mol. The molecule has 1 unspecified atom stereocenters. The van der Waals surface area contributed by atoms with Crippen LogP contribution < -0.4 is 5.73 Å². The van der Waals surface area contributed by atoms with E-state index in [1.165, 1.54) is 19.3 Å². The van der Waals surface area contributed by atoms with Gasteiger partial charge in [-0.15, -0.1) is 0 Å². The lowest BCUT2D eigenvalue weighted by molar-refractivity contribution is -0.168. The van der Waals surface area contributed by atoms with Crippen molar-refractivity contribution in [2.24, 2.45) is 17.1 Å². The van der Waals surface area contributed by atoms with Crippen LogP contribution in [0.1, 0.15) is 32.6 Å². The molecule has 0 radical (unpaired) electrons. The summed E-state index contributed by atoms with van der Waals surface area (Å²) in [6, 6.07) is 0.342. The quantitative estimate of drug-likeness (QED) is 0.695. The van der Waals surface area contributed by atoms with E-state index >= 15 is 0 Å². The summed E-state index contributed by atoms with van der Waals surface area (Å²) in [5.74, 6) is 0.928. The van der Waals surface area contributed by atoms with Gasteiger partial charge in [-0.25, -0.2) is 0 Å². The van der Waals surface area contributed by atoms with Crippen molar-refractivity contribution in [3.8, 4) is 0 Å². The third-order valence-electron chi connectivity index (χ3n) is 3.48. The van der Waals surface area contributed by atoms with E-state index in [0.717, 1.165) is 25.6 Å². The first-order valence-corrected chi connectivity index (χ1v) is 5.06. The van der Waals surface area contributed by atoms with Crippen molar-refractivity contribution in [3.63, 3.8) is 0 Å². The van der Waals surface area contributed by atoms with Crippen LogP contribution in [0.5, 0.6) is 0 Å². The van der Waals surface area contributed by atoms with Crippen LogP contribution >= 0.6 is 0 Å². The summed E-state index contributed by atoms with van der Waals surface area (Å²) in [6.07, 6.45) is 5.41. The maximum Gasteiger partial charge on any atom is 0.0548 e. The Labute approximate surface area is 74.5 Å². The number of nitrogens with two attached hydrogens (primary N) is 1. The predicted molar refractivity (Wildman–Crippen MR) is 48.9 cm³/mol. The van der Waals surface area contributed by atoms with Crippen LogP contribution in [0.4, 0.5) is 0 Å². The molecule has 12 heavy (non-hydrogen) atoms. The lowest BCUT2D eigenvalue weighted by Gasteiger charge is -2.51. The predicted octanol–water partition coefficient (Wildman–Crippen LogP) is 1.54. The molecular weight excluding hydrogens is 150 g/mol. The van der Waals surface area contributed by atoms with Gasteiger partial charge in [0.2, 0.25) is 0 Å². The number of hydrogen-bond donors (Lipinski definition) is 1. The average Bonchev–Trinajstić information content (AvgIpc) is 1.77. The molecule has 0 aromatic carbocycles. The fourth-order valence-electron chi connectivity index (χ4n) is 2.55. The van der Waals surface area contributed by atoms with Gasteiger partial charge in [0.1, 0.15) is 0 Å². The van der Waals surface area contributed by atoms with Crippen LogP contribution in [0.15, 0.2) is 0 Å². The van der Waals surface area contributed by atoms with Crippen LogP contribution in [-0.4, -0.2) is 19.3 Å². The first kappa shape index (κ1) is 8.52. The smallest absolute Gasteiger partial charge is 0.0548 e. The molecule has 2 N–H and O–H groups in total. The Bertz CT molecular complexity index is 159. The first-order valence-electron chi connectivity index (χ1n) is 5.06. The van der Waals surface area contributed by atoms with Crippen molar-refractivity contribution in [2.45, 2.75) is 38.6 Å². The molecule has 0 spiro atoms. The van der Waals surface area contributed by atoms with Gasteiger partial charge >= 0.3 is 0 Å². The molecule has 2 rings (SSSR count). The summed E-state index contributed by atoms with van der Waals surface area (Å²) in [6.45, 7) is 4.05. The molecule has 1 aliphatic carbocycles. The second-order valence-electron chi connectivity index (χ2n) is 4.66. The van der Waals surface area contributed by atoms with E-state index in [4.69, 9.17) is 10.5 Å². The first-order chi connectivity index (χ1) is 5.73. The van der Waals surface area contributed by atoms with Crippen LogP contribution in [0, 0.1) is 11.3 Å². The van der Waals surface area contributed by atoms with Crippen molar-refractivity contribution in [1.29, 1.82) is 0 Å². The lowest BCUT2D eigenvalue weighted by Crippen LogP contribution is -2.53. The maximum atomic E-state index is 5.85. The standard InChI is InChI=1S/C10H19NO/c1-8(11)5-10(6-12-7-10)9-3-2-4-9/h8-9H,2-7,11H2,1H3. The molecule has 2 nitrogen and oxygen atoms in total. The molecule has 1 aliphatic heterocycles. The Morgan fingerprint density at radius 2 is 2.17 bits per heavy atom. The van der Waals surface area contributed by atoms with E-state index < -0.39 is 0 Å². The minimum absolute atomic E-state index is 0.342. The topological polar surface area (TPSA) is 35.2 Å². The van der Waals surface area contributed by atoms with Gasteiger partial charge in [-0.1, -0.05) is 6.42 Å².